The van der Waals surface area contributed by atoms with Gasteiger partial charge in [0, 0.05) is 18.8 Å². The Morgan fingerprint density at radius 3 is 2.32 bits per heavy atom. The number of allylic oxidation sites excluding steroid dienone is 1. The van der Waals surface area contributed by atoms with Crippen molar-refractivity contribution in [3.05, 3.63) is 35.7 Å². The van der Waals surface area contributed by atoms with Crippen molar-refractivity contribution in [2.24, 2.45) is 7.05 Å². The van der Waals surface area contributed by atoms with E-state index in [0.29, 0.717) is 6.08 Å². The second-order valence-corrected chi connectivity index (χ2v) is 5.85. The predicted octanol–water partition coefficient (Wildman–Crippen LogP) is 1.07. The summed E-state index contributed by atoms with van der Waals surface area (Å²) < 4.78 is -0.822. The van der Waals surface area contributed by atoms with Crippen molar-refractivity contribution in [3.63, 3.8) is 0 Å². The van der Waals surface area contributed by atoms with Crippen molar-refractivity contribution in [1.82, 2.24) is 4.57 Å². The van der Waals surface area contributed by atoms with E-state index in [1.165, 1.54) is 23.9 Å². The highest BCUT2D eigenvalue weighted by molar-refractivity contribution is 6.77. The number of hydrogen-bond donors (Lipinski definition) is 0. The number of carbonyl (C=O) groups is 3. The van der Waals surface area contributed by atoms with Crippen LogP contribution in [0.5, 0.6) is 0 Å². The van der Waals surface area contributed by atoms with Gasteiger partial charge < -0.3 is 14.5 Å². The van der Waals surface area contributed by atoms with E-state index in [1.54, 1.807) is 0 Å². The van der Waals surface area contributed by atoms with Gasteiger partial charge >= 0.3 is 0 Å². The van der Waals surface area contributed by atoms with Gasteiger partial charge in [0.25, 0.3) is 3.79 Å². The van der Waals surface area contributed by atoms with Gasteiger partial charge in [-0.1, -0.05) is 34.8 Å². The van der Waals surface area contributed by atoms with E-state index >= 15 is 0 Å². The third-order valence-corrected chi connectivity index (χ3v) is 2.67. The third-order valence-electron chi connectivity index (χ3n) is 2.15. The largest absolute Gasteiger partial charge is 0.545 e. The van der Waals surface area contributed by atoms with Crippen LogP contribution in [-0.4, -0.2) is 25.9 Å². The molecule has 0 bridgehead atoms. The lowest BCUT2D eigenvalue weighted by Gasteiger charge is -2.09. The first-order valence-electron chi connectivity index (χ1n) is 4.84. The van der Waals surface area contributed by atoms with E-state index in [9.17, 15) is 19.5 Å². The molecular weight excluding hydrogens is 316 g/mol. The van der Waals surface area contributed by atoms with Crippen LogP contribution in [-0.2, 0) is 11.8 Å². The number of carboxylic acid groups (broad SMARTS) is 1. The zero-order valence-corrected chi connectivity index (χ0v) is 11.8. The number of ketones is 2. The zero-order valence-electron chi connectivity index (χ0n) is 9.52. The highest BCUT2D eigenvalue weighted by Gasteiger charge is 2.33. The van der Waals surface area contributed by atoms with Crippen LogP contribution >= 0.6 is 34.8 Å². The van der Waals surface area contributed by atoms with Gasteiger partial charge in [-0.2, -0.15) is 0 Å². The van der Waals surface area contributed by atoms with Crippen LogP contribution in [0.15, 0.2) is 24.4 Å². The van der Waals surface area contributed by atoms with Crippen molar-refractivity contribution in [2.45, 2.75) is 3.79 Å². The van der Waals surface area contributed by atoms with Crippen LogP contribution in [0.4, 0.5) is 0 Å². The summed E-state index contributed by atoms with van der Waals surface area (Å²) in [4.78, 5) is 33.5. The summed E-state index contributed by atoms with van der Waals surface area (Å²) >= 11 is 16.4. The Morgan fingerprint density at radius 1 is 1.26 bits per heavy atom. The van der Waals surface area contributed by atoms with Gasteiger partial charge in [0.2, 0.25) is 5.78 Å². The van der Waals surface area contributed by atoms with Crippen molar-refractivity contribution in [1.29, 1.82) is 0 Å². The maximum atomic E-state index is 11.7. The van der Waals surface area contributed by atoms with Gasteiger partial charge in [-0.3, -0.25) is 9.59 Å². The molecule has 1 heterocycles. The summed E-state index contributed by atoms with van der Waals surface area (Å²) in [6.07, 6.45) is 2.73. The Labute approximate surface area is 123 Å². The molecule has 1 aromatic heterocycles. The first kappa shape index (κ1) is 15.8. The summed E-state index contributed by atoms with van der Waals surface area (Å²) in [6, 6.07) is 1.21. The quantitative estimate of drug-likeness (QED) is 0.471. The van der Waals surface area contributed by atoms with Gasteiger partial charge in [0.05, 0.1) is 11.7 Å². The molecule has 1 rings (SSSR count). The molecular formula is C11H7Cl3NO4-. The second-order valence-electron chi connectivity index (χ2n) is 3.57. The molecule has 0 atom stereocenters. The molecule has 0 amide bonds. The molecule has 0 aliphatic rings. The average molecular weight is 324 g/mol. The number of aromatic nitrogens is 1. The monoisotopic (exact) mass is 322 g/mol. The summed E-state index contributed by atoms with van der Waals surface area (Å²) in [5.74, 6) is -2.90. The number of aryl methyl sites for hydroxylation is 1. The second kappa shape index (κ2) is 5.77. The smallest absolute Gasteiger partial charge is 0.255 e. The van der Waals surface area contributed by atoms with E-state index in [1.807, 2.05) is 0 Å². The number of Topliss-reactive ketones (excluding diaryl/α,β-unsaturated/α-hetero) is 1. The van der Waals surface area contributed by atoms with Gasteiger partial charge in [0.1, 0.15) is 0 Å². The molecule has 0 spiro atoms. The molecule has 0 aliphatic carbocycles. The lowest BCUT2D eigenvalue weighted by molar-refractivity contribution is -0.297. The van der Waals surface area contributed by atoms with Crippen molar-refractivity contribution in [3.8, 4) is 0 Å². The number of halogens is 3. The highest BCUT2D eigenvalue weighted by atomic mass is 35.6. The van der Waals surface area contributed by atoms with Crippen LogP contribution in [0.3, 0.4) is 0 Å². The number of carbonyl (C=O) groups excluding carboxylic acids is 3. The summed E-state index contributed by atoms with van der Waals surface area (Å²) in [7, 11) is 1.49. The van der Waals surface area contributed by atoms with Gasteiger partial charge in [-0.25, -0.2) is 0 Å². The number of carboxylic acids is 1. The van der Waals surface area contributed by atoms with Crippen LogP contribution in [0.2, 0.25) is 0 Å². The van der Waals surface area contributed by atoms with E-state index < -0.39 is 21.3 Å². The van der Waals surface area contributed by atoms with E-state index in [0.717, 1.165) is 6.08 Å². The Kier molecular flexibility index (Phi) is 4.79. The maximum Gasteiger partial charge on any atom is 0.255 e. The number of nitrogens with zero attached hydrogens (tertiary/aromatic N) is 1. The van der Waals surface area contributed by atoms with Gasteiger partial charge in [-0.15, -0.1) is 0 Å². The Morgan fingerprint density at radius 2 is 1.84 bits per heavy atom. The molecule has 8 heteroatoms. The number of aliphatic carboxylic acids is 1. The van der Waals surface area contributed by atoms with Gasteiger partial charge in [0.15, 0.2) is 5.78 Å². The Bertz CT molecular complexity index is 569. The normalized spacial score (nSPS) is 11.8. The fourth-order valence-electron chi connectivity index (χ4n) is 1.31. The topological polar surface area (TPSA) is 79.2 Å². The molecule has 0 radical (unpaired) electrons. The average Bonchev–Trinajstić information content (AvgIpc) is 2.65. The van der Waals surface area contributed by atoms with Crippen LogP contribution in [0, 0.1) is 0 Å². The summed E-state index contributed by atoms with van der Waals surface area (Å²) in [6.45, 7) is 0. The molecule has 0 unspecified atom stereocenters. The first-order valence-corrected chi connectivity index (χ1v) is 5.97. The number of alkyl halides is 3. The SMILES string of the molecule is Cn1cc(C(=O)/C=C/C(=O)[O-])cc1C(=O)C(Cl)(Cl)Cl. The van der Waals surface area contributed by atoms with Crippen molar-refractivity contribution in [2.75, 3.05) is 0 Å². The molecule has 0 saturated heterocycles. The molecule has 0 aromatic carbocycles. The number of rotatable bonds is 4. The van der Waals surface area contributed by atoms with E-state index in [-0.39, 0.29) is 11.3 Å². The molecule has 0 saturated carbocycles. The lowest BCUT2D eigenvalue weighted by Crippen LogP contribution is -2.21. The first-order chi connectivity index (χ1) is 8.62. The Balaban J connectivity index is 3.07. The van der Waals surface area contributed by atoms with Crippen LogP contribution in [0.1, 0.15) is 20.8 Å². The number of hydrogen-bond acceptors (Lipinski definition) is 4. The highest BCUT2D eigenvalue weighted by Crippen LogP contribution is 2.30. The molecule has 0 fully saturated rings. The molecule has 102 valence electrons. The van der Waals surface area contributed by atoms with Crippen molar-refractivity contribution >= 4 is 52.3 Å². The molecule has 19 heavy (non-hydrogen) atoms. The minimum absolute atomic E-state index is 0.0187. The maximum absolute atomic E-state index is 11.7. The third kappa shape index (κ3) is 4.09. The standard InChI is InChI=1S/C11H8Cl3NO4/c1-15-5-6(8(16)2-3-9(17)18)4-7(15)10(19)11(12,13)14/h2-5H,1H3,(H,17,18)/p-1/b3-2+. The molecule has 0 aliphatic heterocycles. The van der Waals surface area contributed by atoms with Gasteiger partial charge in [-0.05, 0) is 18.2 Å². The van der Waals surface area contributed by atoms with E-state index in [2.05, 4.69) is 0 Å². The van der Waals surface area contributed by atoms with E-state index in [4.69, 9.17) is 34.8 Å². The van der Waals surface area contributed by atoms with Crippen LogP contribution < -0.4 is 5.11 Å². The predicted molar refractivity (Wildman–Crippen MR) is 68.5 cm³/mol. The fraction of sp³-hybridized carbons (Fsp3) is 0.182. The molecule has 5 nitrogen and oxygen atoms in total. The summed E-state index contributed by atoms with van der Waals surface area (Å²) in [5.41, 5.74) is 0.114. The lowest BCUT2D eigenvalue weighted by atomic mass is 10.2. The molecule has 1 aromatic rings. The molecule has 0 N–H and O–H groups in total. The minimum atomic E-state index is -2.13. The fourth-order valence-corrected chi connectivity index (χ4v) is 1.60. The van der Waals surface area contributed by atoms with Crippen LogP contribution in [0.25, 0.3) is 0 Å². The summed E-state index contributed by atoms with van der Waals surface area (Å²) in [5, 5.41) is 10.2. The zero-order chi connectivity index (χ0) is 14.8. The van der Waals surface area contributed by atoms with Crippen molar-refractivity contribution < 1.29 is 19.5 Å². The minimum Gasteiger partial charge on any atom is -0.545 e. The Hall–Kier alpha value is -1.30.